The number of amides is 1. The van der Waals surface area contributed by atoms with Crippen LogP contribution in [0.5, 0.6) is 0 Å². The molecule has 0 spiro atoms. The molecule has 4 aromatic carbocycles. The fourth-order valence-electron chi connectivity index (χ4n) is 5.40. The number of nitrogens with zero attached hydrogens (tertiary/aromatic N) is 2. The molecule has 1 aliphatic rings. The van der Waals surface area contributed by atoms with E-state index in [1.54, 1.807) is 18.5 Å². The van der Waals surface area contributed by atoms with Gasteiger partial charge in [0.25, 0.3) is 5.91 Å². The summed E-state index contributed by atoms with van der Waals surface area (Å²) in [6.07, 6.45) is 0.115. The number of carbonyl (C=O) groups is 1. The molecule has 5 aromatic rings. The van der Waals surface area contributed by atoms with Gasteiger partial charge in [-0.1, -0.05) is 55.5 Å². The van der Waals surface area contributed by atoms with Crippen LogP contribution in [0.1, 0.15) is 46.4 Å². The third-order valence-electron chi connectivity index (χ3n) is 7.90. The maximum Gasteiger partial charge on any atom is 0.261 e. The number of aromatic nitrogens is 2. The lowest BCUT2D eigenvalue weighted by Gasteiger charge is -2.41. The van der Waals surface area contributed by atoms with E-state index in [9.17, 15) is 31.9 Å². The van der Waals surface area contributed by atoms with E-state index >= 15 is 0 Å². The lowest BCUT2D eigenvalue weighted by atomic mass is 9.90. The highest BCUT2D eigenvalue weighted by Gasteiger charge is 2.39. The molecule has 1 saturated heterocycles. The summed E-state index contributed by atoms with van der Waals surface area (Å²) < 4.78 is 83.8. The summed E-state index contributed by atoms with van der Waals surface area (Å²) in [5, 5.41) is 11.7. The second-order valence-corrected chi connectivity index (χ2v) is 10.7. The summed E-state index contributed by atoms with van der Waals surface area (Å²) in [5.41, 5.74) is 2.40. The molecular weight excluding hydrogens is 597 g/mol. The number of anilines is 1. The number of ether oxygens (including phenoxy) is 2. The molecule has 2 heterocycles. The summed E-state index contributed by atoms with van der Waals surface area (Å²) in [4.78, 5) is 17.0. The zero-order chi connectivity index (χ0) is 31.8. The van der Waals surface area contributed by atoms with Crippen molar-refractivity contribution in [2.24, 2.45) is 5.92 Å². The summed E-state index contributed by atoms with van der Waals surface area (Å²) in [5.74, 6) is -12.9. The van der Waals surface area contributed by atoms with Gasteiger partial charge < -0.3 is 24.5 Å². The molecule has 0 radical (unpaired) electrons. The molecule has 0 bridgehead atoms. The van der Waals surface area contributed by atoms with Gasteiger partial charge in [-0.05, 0) is 35.4 Å². The topological polar surface area (TPSA) is 85.6 Å². The molecule has 1 fully saturated rings. The molecule has 0 aliphatic carbocycles. The molecule has 232 valence electrons. The van der Waals surface area contributed by atoms with Gasteiger partial charge in [-0.15, -0.1) is 0 Å². The standard InChI is InChI=1S/C33H26F5N3O4/c1-17-24(14-41-16-39-22-4-2-3-5-23(22)41)44-33(45-31(17)19-8-6-18(15-42)7-9-19)20-10-12-21(13-11-20)40-32(43)25-26(34)28(36)30(38)29(37)27(25)35/h2-13,16-17,24,31,33,42H,14-15H2,1H3,(H,40,43)/t17-,24+,31+,33+/m1/s1. The Labute approximate surface area is 253 Å². The Balaban J connectivity index is 1.26. The first-order chi connectivity index (χ1) is 21.7. The van der Waals surface area contributed by atoms with Gasteiger partial charge in [0.05, 0.1) is 42.7 Å². The van der Waals surface area contributed by atoms with Crippen molar-refractivity contribution in [3.8, 4) is 0 Å². The predicted molar refractivity (Wildman–Crippen MR) is 153 cm³/mol. The zero-order valence-electron chi connectivity index (χ0n) is 23.7. The number of fused-ring (bicyclic) bond motifs is 1. The fraction of sp³-hybridized carbons (Fsp3) is 0.212. The van der Waals surface area contributed by atoms with Crippen LogP contribution in [0.3, 0.4) is 0 Å². The number of imidazole rings is 1. The van der Waals surface area contributed by atoms with Gasteiger partial charge >= 0.3 is 0 Å². The van der Waals surface area contributed by atoms with Crippen LogP contribution in [0.25, 0.3) is 11.0 Å². The Kier molecular flexibility index (Phi) is 8.36. The van der Waals surface area contributed by atoms with Crippen molar-refractivity contribution in [3.63, 3.8) is 0 Å². The van der Waals surface area contributed by atoms with Crippen LogP contribution in [-0.4, -0.2) is 26.7 Å². The molecular formula is C33H26F5N3O4. The Morgan fingerprint density at radius 1 is 0.844 bits per heavy atom. The quantitative estimate of drug-likeness (QED) is 0.116. The lowest BCUT2D eigenvalue weighted by molar-refractivity contribution is -0.276. The summed E-state index contributed by atoms with van der Waals surface area (Å²) in [6.45, 7) is 2.38. The average molecular weight is 624 g/mol. The first-order valence-electron chi connectivity index (χ1n) is 14.0. The molecule has 2 N–H and O–H groups in total. The predicted octanol–water partition coefficient (Wildman–Crippen LogP) is 6.97. The van der Waals surface area contributed by atoms with E-state index in [1.165, 1.54) is 12.1 Å². The average Bonchev–Trinajstić information content (AvgIpc) is 3.47. The van der Waals surface area contributed by atoms with Gasteiger partial charge in [-0.2, -0.15) is 0 Å². The maximum atomic E-state index is 14.1. The number of halogens is 5. The van der Waals surface area contributed by atoms with Crippen molar-refractivity contribution in [2.75, 3.05) is 5.32 Å². The highest BCUT2D eigenvalue weighted by molar-refractivity contribution is 6.04. The number of carbonyl (C=O) groups excluding carboxylic acids is 1. The second kappa shape index (κ2) is 12.4. The number of hydrogen-bond donors (Lipinski definition) is 2. The largest absolute Gasteiger partial charge is 0.392 e. The number of aliphatic hydroxyl groups is 1. The Morgan fingerprint density at radius 2 is 1.47 bits per heavy atom. The molecule has 1 aromatic heterocycles. The van der Waals surface area contributed by atoms with Gasteiger partial charge in [0.2, 0.25) is 5.82 Å². The minimum atomic E-state index is -2.35. The Morgan fingerprint density at radius 3 is 2.13 bits per heavy atom. The highest BCUT2D eigenvalue weighted by Crippen LogP contribution is 2.42. The number of hydrogen-bond acceptors (Lipinski definition) is 5. The van der Waals surface area contributed by atoms with Crippen LogP contribution in [-0.2, 0) is 22.6 Å². The minimum absolute atomic E-state index is 0.0365. The van der Waals surface area contributed by atoms with Gasteiger partial charge in [-0.3, -0.25) is 4.79 Å². The van der Waals surface area contributed by atoms with E-state index in [0.29, 0.717) is 12.1 Å². The molecule has 0 unspecified atom stereocenters. The van der Waals surface area contributed by atoms with Crippen LogP contribution in [0, 0.1) is 35.0 Å². The molecule has 45 heavy (non-hydrogen) atoms. The third-order valence-corrected chi connectivity index (χ3v) is 7.90. The van der Waals surface area contributed by atoms with E-state index in [-0.39, 0.29) is 24.3 Å². The monoisotopic (exact) mass is 623 g/mol. The van der Waals surface area contributed by atoms with Crippen molar-refractivity contribution in [1.29, 1.82) is 0 Å². The normalized spacial score (nSPS) is 20.0. The smallest absolute Gasteiger partial charge is 0.261 e. The van der Waals surface area contributed by atoms with Crippen molar-refractivity contribution in [1.82, 2.24) is 9.55 Å². The van der Waals surface area contributed by atoms with E-state index in [4.69, 9.17) is 9.47 Å². The van der Waals surface area contributed by atoms with Crippen molar-refractivity contribution in [2.45, 2.75) is 38.6 Å². The zero-order valence-corrected chi connectivity index (χ0v) is 23.7. The second-order valence-electron chi connectivity index (χ2n) is 10.7. The number of aliphatic hydroxyl groups excluding tert-OH is 1. The van der Waals surface area contributed by atoms with Crippen molar-refractivity contribution >= 4 is 22.6 Å². The first-order valence-corrected chi connectivity index (χ1v) is 14.0. The van der Waals surface area contributed by atoms with Crippen LogP contribution in [0.4, 0.5) is 27.6 Å². The van der Waals surface area contributed by atoms with E-state index < -0.39 is 53.0 Å². The molecule has 7 nitrogen and oxygen atoms in total. The van der Waals surface area contributed by atoms with Crippen LogP contribution >= 0.6 is 0 Å². The highest BCUT2D eigenvalue weighted by atomic mass is 19.2. The molecule has 12 heteroatoms. The van der Waals surface area contributed by atoms with Gasteiger partial charge in [0.1, 0.15) is 5.56 Å². The summed E-state index contributed by atoms with van der Waals surface area (Å²) >= 11 is 0. The van der Waals surface area contributed by atoms with E-state index in [1.807, 2.05) is 60.0 Å². The van der Waals surface area contributed by atoms with Crippen molar-refractivity contribution in [3.05, 3.63) is 130 Å². The van der Waals surface area contributed by atoms with Crippen LogP contribution in [0.15, 0.2) is 79.1 Å². The number of rotatable bonds is 7. The summed E-state index contributed by atoms with van der Waals surface area (Å²) in [7, 11) is 0. The van der Waals surface area contributed by atoms with Crippen LogP contribution in [0.2, 0.25) is 0 Å². The SMILES string of the molecule is C[C@@H]1[C@H](Cn2cnc3ccccc32)O[C@H](c2ccc(NC(=O)c3c(F)c(F)c(F)c(F)c3F)cc2)O[C@@H]1c1ccc(CO)cc1. The van der Waals surface area contributed by atoms with Gasteiger partial charge in [-0.25, -0.2) is 26.9 Å². The maximum absolute atomic E-state index is 14.1. The van der Waals surface area contributed by atoms with E-state index in [0.717, 1.165) is 22.2 Å². The lowest BCUT2D eigenvalue weighted by Crippen LogP contribution is -2.39. The Hall–Kier alpha value is -4.65. The fourth-order valence-corrected chi connectivity index (χ4v) is 5.40. The van der Waals surface area contributed by atoms with Crippen LogP contribution < -0.4 is 5.32 Å². The number of benzene rings is 4. The molecule has 1 aliphatic heterocycles. The molecule has 6 rings (SSSR count). The van der Waals surface area contributed by atoms with Crippen molar-refractivity contribution < 1.29 is 41.3 Å². The third kappa shape index (κ3) is 5.79. The first kappa shape index (κ1) is 30.4. The number of nitrogens with one attached hydrogen (secondary N) is 1. The molecule has 0 saturated carbocycles. The summed E-state index contributed by atoms with van der Waals surface area (Å²) in [6, 6.07) is 21.0. The van der Waals surface area contributed by atoms with E-state index in [2.05, 4.69) is 10.3 Å². The molecule has 1 amide bonds. The minimum Gasteiger partial charge on any atom is -0.392 e. The van der Waals surface area contributed by atoms with Gasteiger partial charge in [0.15, 0.2) is 29.6 Å². The van der Waals surface area contributed by atoms with Gasteiger partial charge in [0, 0.05) is 17.2 Å². The number of para-hydroxylation sites is 2. The Bertz CT molecular complexity index is 1830. The molecule has 4 atom stereocenters.